The van der Waals surface area contributed by atoms with E-state index in [0.29, 0.717) is 6.54 Å². The lowest BCUT2D eigenvalue weighted by atomic mass is 10.1. The highest BCUT2D eigenvalue weighted by Crippen LogP contribution is 2.23. The van der Waals surface area contributed by atoms with Crippen molar-refractivity contribution in [2.24, 2.45) is 0 Å². The van der Waals surface area contributed by atoms with Crippen LogP contribution in [0.1, 0.15) is 29.8 Å². The van der Waals surface area contributed by atoms with Crippen LogP contribution in [0.15, 0.2) is 73.2 Å². The van der Waals surface area contributed by atoms with Gasteiger partial charge in [0.25, 0.3) is 0 Å². The van der Waals surface area contributed by atoms with E-state index >= 15 is 0 Å². The lowest BCUT2D eigenvalue weighted by Gasteiger charge is -2.13. The van der Waals surface area contributed by atoms with E-state index in [1.165, 1.54) is 5.56 Å². The van der Waals surface area contributed by atoms with Gasteiger partial charge in [-0.05, 0) is 38.1 Å². The fraction of sp³-hybridized carbons (Fsp3) is 0.217. The molecule has 4 rings (SSSR count). The molecule has 2 heterocycles. The summed E-state index contributed by atoms with van der Waals surface area (Å²) in [4.78, 5) is 0. The number of methoxy groups -OCH3 is 1. The third kappa shape index (κ3) is 3.93. The Hall–Kier alpha value is -3.38. The topological polar surface area (TPSA) is 56.9 Å². The van der Waals surface area contributed by atoms with Crippen LogP contribution in [0.25, 0.3) is 11.4 Å². The second kappa shape index (κ2) is 8.32. The van der Waals surface area contributed by atoms with Crippen molar-refractivity contribution >= 4 is 0 Å². The first-order valence-corrected chi connectivity index (χ1v) is 9.67. The standard InChI is InChI=1S/C23H25N5O/c1-17(21-15-26-28(18(21)2)20-9-5-4-6-10-20)24-13-19-14-25-27(16-19)22-11-7-8-12-23(22)29-3/h4-12,14-17,24H,13H2,1-3H3. The molecule has 0 radical (unpaired) electrons. The number of ether oxygens (including phenoxy) is 1. The molecule has 0 spiro atoms. The molecule has 2 aromatic carbocycles. The summed E-state index contributed by atoms with van der Waals surface area (Å²) in [5, 5.41) is 12.6. The minimum Gasteiger partial charge on any atom is -0.494 e. The third-order valence-electron chi connectivity index (χ3n) is 5.10. The number of benzene rings is 2. The van der Waals surface area contributed by atoms with Crippen LogP contribution in [0.4, 0.5) is 0 Å². The molecule has 2 aromatic heterocycles. The number of aromatic nitrogens is 4. The summed E-state index contributed by atoms with van der Waals surface area (Å²) in [6.07, 6.45) is 5.85. The summed E-state index contributed by atoms with van der Waals surface area (Å²) in [6.45, 7) is 4.98. The predicted molar refractivity (Wildman–Crippen MR) is 114 cm³/mol. The number of nitrogens with zero attached hydrogens (tertiary/aromatic N) is 4. The van der Waals surface area contributed by atoms with Crippen molar-refractivity contribution in [3.63, 3.8) is 0 Å². The van der Waals surface area contributed by atoms with Gasteiger partial charge in [0.15, 0.2) is 0 Å². The molecular formula is C23H25N5O. The monoisotopic (exact) mass is 387 g/mol. The van der Waals surface area contributed by atoms with E-state index in [4.69, 9.17) is 4.74 Å². The summed E-state index contributed by atoms with van der Waals surface area (Å²) < 4.78 is 9.26. The van der Waals surface area contributed by atoms with Crippen molar-refractivity contribution in [1.82, 2.24) is 24.9 Å². The average Bonchev–Trinajstić information content (AvgIpc) is 3.39. The van der Waals surface area contributed by atoms with Crippen molar-refractivity contribution in [3.05, 3.63) is 90.0 Å². The molecule has 0 aliphatic carbocycles. The molecule has 1 atom stereocenters. The van der Waals surface area contributed by atoms with Gasteiger partial charge in [0.05, 0.1) is 25.2 Å². The number of nitrogens with one attached hydrogen (secondary N) is 1. The molecule has 0 aliphatic rings. The van der Waals surface area contributed by atoms with Crippen molar-refractivity contribution < 1.29 is 4.74 Å². The lowest BCUT2D eigenvalue weighted by molar-refractivity contribution is 0.411. The first-order valence-electron chi connectivity index (χ1n) is 9.67. The molecule has 1 N–H and O–H groups in total. The summed E-state index contributed by atoms with van der Waals surface area (Å²) in [5.41, 5.74) is 5.43. The summed E-state index contributed by atoms with van der Waals surface area (Å²) in [6, 6.07) is 18.2. The Kier molecular flexibility index (Phi) is 5.44. The maximum atomic E-state index is 5.43. The fourth-order valence-electron chi connectivity index (χ4n) is 3.46. The number of hydrogen-bond acceptors (Lipinski definition) is 4. The third-order valence-corrected chi connectivity index (χ3v) is 5.10. The van der Waals surface area contributed by atoms with E-state index in [1.54, 1.807) is 7.11 Å². The van der Waals surface area contributed by atoms with Gasteiger partial charge in [0.2, 0.25) is 0 Å². The van der Waals surface area contributed by atoms with Gasteiger partial charge in [0.1, 0.15) is 11.4 Å². The Balaban J connectivity index is 1.45. The molecular weight excluding hydrogens is 362 g/mol. The molecule has 0 amide bonds. The first-order chi connectivity index (χ1) is 14.2. The van der Waals surface area contributed by atoms with E-state index in [9.17, 15) is 0 Å². The molecule has 0 saturated heterocycles. The van der Waals surface area contributed by atoms with E-state index in [0.717, 1.165) is 28.4 Å². The van der Waals surface area contributed by atoms with Crippen LogP contribution in [-0.4, -0.2) is 26.7 Å². The SMILES string of the molecule is COc1ccccc1-n1cc(CNC(C)c2cnn(-c3ccccc3)c2C)cn1. The van der Waals surface area contributed by atoms with Crippen LogP contribution in [0, 0.1) is 6.92 Å². The molecule has 0 bridgehead atoms. The predicted octanol–water partition coefficient (Wildman–Crippen LogP) is 4.23. The molecule has 6 heteroatoms. The van der Waals surface area contributed by atoms with E-state index < -0.39 is 0 Å². The highest BCUT2D eigenvalue weighted by molar-refractivity contribution is 5.46. The fourth-order valence-corrected chi connectivity index (χ4v) is 3.46. The molecule has 6 nitrogen and oxygen atoms in total. The molecule has 1 unspecified atom stereocenters. The van der Waals surface area contributed by atoms with Crippen molar-refractivity contribution in [2.75, 3.05) is 7.11 Å². The summed E-state index contributed by atoms with van der Waals surface area (Å²) in [5.74, 6) is 0.799. The minimum absolute atomic E-state index is 0.169. The molecule has 0 fully saturated rings. The zero-order valence-electron chi connectivity index (χ0n) is 16.9. The Morgan fingerprint density at radius 1 is 1.00 bits per heavy atom. The summed E-state index contributed by atoms with van der Waals surface area (Å²) >= 11 is 0. The maximum Gasteiger partial charge on any atom is 0.144 e. The van der Waals surface area contributed by atoms with Crippen LogP contribution in [-0.2, 0) is 6.54 Å². The van der Waals surface area contributed by atoms with Gasteiger partial charge in [-0.2, -0.15) is 10.2 Å². The van der Waals surface area contributed by atoms with Crippen LogP contribution < -0.4 is 10.1 Å². The van der Waals surface area contributed by atoms with E-state index in [2.05, 4.69) is 41.5 Å². The second-order valence-electron chi connectivity index (χ2n) is 7.00. The number of rotatable bonds is 7. The smallest absolute Gasteiger partial charge is 0.144 e. The van der Waals surface area contributed by atoms with Crippen molar-refractivity contribution in [1.29, 1.82) is 0 Å². The van der Waals surface area contributed by atoms with Crippen molar-refractivity contribution in [3.8, 4) is 17.1 Å². The highest BCUT2D eigenvalue weighted by atomic mass is 16.5. The lowest BCUT2D eigenvalue weighted by Crippen LogP contribution is -2.18. The van der Waals surface area contributed by atoms with E-state index in [1.807, 2.05) is 70.4 Å². The number of hydrogen-bond donors (Lipinski definition) is 1. The first kappa shape index (κ1) is 19.0. The molecule has 0 saturated carbocycles. The Labute approximate surface area is 170 Å². The van der Waals surface area contributed by atoms with Gasteiger partial charge in [-0.1, -0.05) is 30.3 Å². The Morgan fingerprint density at radius 3 is 2.55 bits per heavy atom. The van der Waals surface area contributed by atoms with Gasteiger partial charge in [-0.15, -0.1) is 0 Å². The quantitative estimate of drug-likeness (QED) is 0.516. The molecule has 4 aromatic rings. The average molecular weight is 387 g/mol. The zero-order chi connectivity index (χ0) is 20.2. The zero-order valence-corrected chi connectivity index (χ0v) is 16.9. The molecule has 148 valence electrons. The van der Waals surface area contributed by atoms with Crippen molar-refractivity contribution in [2.45, 2.75) is 26.4 Å². The molecule has 29 heavy (non-hydrogen) atoms. The maximum absolute atomic E-state index is 5.43. The number of para-hydroxylation sites is 3. The van der Waals surface area contributed by atoms with E-state index in [-0.39, 0.29) is 6.04 Å². The van der Waals surface area contributed by atoms with Crippen LogP contribution >= 0.6 is 0 Å². The normalized spacial score (nSPS) is 12.1. The van der Waals surface area contributed by atoms with Gasteiger partial charge in [-0.25, -0.2) is 9.36 Å². The molecule has 0 aliphatic heterocycles. The largest absolute Gasteiger partial charge is 0.494 e. The Bertz CT molecular complexity index is 1080. The van der Waals surface area contributed by atoms with Gasteiger partial charge in [0, 0.05) is 35.6 Å². The Morgan fingerprint density at radius 2 is 1.76 bits per heavy atom. The second-order valence-corrected chi connectivity index (χ2v) is 7.00. The summed E-state index contributed by atoms with van der Waals surface area (Å²) in [7, 11) is 1.67. The minimum atomic E-state index is 0.169. The van der Waals surface area contributed by atoms with Gasteiger partial charge >= 0.3 is 0 Å². The van der Waals surface area contributed by atoms with Crippen LogP contribution in [0.3, 0.4) is 0 Å². The van der Waals surface area contributed by atoms with Gasteiger partial charge in [-0.3, -0.25) is 0 Å². The highest BCUT2D eigenvalue weighted by Gasteiger charge is 2.14. The van der Waals surface area contributed by atoms with Crippen LogP contribution in [0.2, 0.25) is 0 Å². The van der Waals surface area contributed by atoms with Crippen LogP contribution in [0.5, 0.6) is 5.75 Å². The van der Waals surface area contributed by atoms with Gasteiger partial charge < -0.3 is 10.1 Å².